The highest BCUT2D eigenvalue weighted by atomic mass is 16.3. The summed E-state index contributed by atoms with van der Waals surface area (Å²) in [5, 5.41) is 38.6. The summed E-state index contributed by atoms with van der Waals surface area (Å²) in [5.41, 5.74) is 1.54. The summed E-state index contributed by atoms with van der Waals surface area (Å²) in [5.74, 6) is 0. The summed E-state index contributed by atoms with van der Waals surface area (Å²) >= 11 is 0. The molecule has 1 heterocycles. The van der Waals surface area contributed by atoms with E-state index in [-0.39, 0.29) is 25.7 Å². The van der Waals surface area contributed by atoms with Crippen molar-refractivity contribution in [2.45, 2.75) is 44.1 Å². The highest BCUT2D eigenvalue weighted by Gasteiger charge is 2.26. The third-order valence-corrected chi connectivity index (χ3v) is 4.20. The first kappa shape index (κ1) is 16.4. The molecule has 118 valence electrons. The first-order valence-corrected chi connectivity index (χ1v) is 7.54. The van der Waals surface area contributed by atoms with Crippen molar-refractivity contribution >= 4 is 0 Å². The summed E-state index contributed by atoms with van der Waals surface area (Å²) in [7, 11) is 0. The van der Waals surface area contributed by atoms with Crippen molar-refractivity contribution < 1.29 is 20.4 Å². The number of aliphatic hydroxyl groups excluding tert-OH is 4. The predicted octanol–water partition coefficient (Wildman–Crippen LogP) is 0.420. The molecule has 1 aliphatic heterocycles. The predicted molar refractivity (Wildman–Crippen MR) is 79.6 cm³/mol. The van der Waals surface area contributed by atoms with Gasteiger partial charge in [0.15, 0.2) is 0 Å². The normalized spacial score (nSPS) is 22.4. The fraction of sp³-hybridized carbons (Fsp3) is 0.625. The van der Waals surface area contributed by atoms with Crippen LogP contribution in [0.4, 0.5) is 0 Å². The van der Waals surface area contributed by atoms with E-state index in [4.69, 9.17) is 5.11 Å². The molecule has 21 heavy (non-hydrogen) atoms. The molecule has 5 nitrogen and oxygen atoms in total. The highest BCUT2D eigenvalue weighted by Crippen LogP contribution is 2.22. The van der Waals surface area contributed by atoms with Crippen LogP contribution >= 0.6 is 0 Å². The number of hydrogen-bond acceptors (Lipinski definition) is 5. The van der Waals surface area contributed by atoms with E-state index in [2.05, 4.69) is 4.90 Å². The highest BCUT2D eigenvalue weighted by molar-refractivity contribution is 5.23. The molecule has 0 bridgehead atoms. The molecule has 0 saturated carbocycles. The molecule has 1 saturated heterocycles. The number of nitrogens with zero attached hydrogens (tertiary/aromatic N) is 1. The van der Waals surface area contributed by atoms with Gasteiger partial charge in [0.05, 0.1) is 25.4 Å². The molecule has 4 N–H and O–H groups in total. The second kappa shape index (κ2) is 7.87. The quantitative estimate of drug-likeness (QED) is 0.586. The average molecular weight is 295 g/mol. The van der Waals surface area contributed by atoms with Crippen LogP contribution in [0, 0.1) is 0 Å². The minimum Gasteiger partial charge on any atom is -0.395 e. The second-order valence-corrected chi connectivity index (χ2v) is 5.78. The van der Waals surface area contributed by atoms with E-state index in [9.17, 15) is 15.3 Å². The summed E-state index contributed by atoms with van der Waals surface area (Å²) < 4.78 is 0. The standard InChI is InChI=1S/C16H25NO4/c18-10-12-3-5-13(6-4-12)16(21)8-15(20)9-17-7-1-2-14(17)11-19/h3-6,14-16,18-21H,1-2,7-11H2/t14-,15+,16-/m1/s1. The number of benzene rings is 1. The van der Waals surface area contributed by atoms with Gasteiger partial charge in [-0.25, -0.2) is 0 Å². The largest absolute Gasteiger partial charge is 0.395 e. The van der Waals surface area contributed by atoms with Crippen LogP contribution in [0.15, 0.2) is 24.3 Å². The van der Waals surface area contributed by atoms with Gasteiger partial charge in [-0.15, -0.1) is 0 Å². The second-order valence-electron chi connectivity index (χ2n) is 5.78. The van der Waals surface area contributed by atoms with Crippen LogP contribution in [0.5, 0.6) is 0 Å². The van der Waals surface area contributed by atoms with Crippen molar-refractivity contribution in [1.82, 2.24) is 4.90 Å². The average Bonchev–Trinajstić information content (AvgIpc) is 2.94. The maximum absolute atomic E-state index is 10.2. The van der Waals surface area contributed by atoms with E-state index in [0.29, 0.717) is 6.54 Å². The lowest BCUT2D eigenvalue weighted by Gasteiger charge is -2.26. The lowest BCUT2D eigenvalue weighted by Crippen LogP contribution is -2.38. The SMILES string of the molecule is OCc1ccc([C@H](O)C[C@H](O)CN2CCC[C@@H]2CO)cc1. The van der Waals surface area contributed by atoms with Crippen molar-refractivity contribution in [3.8, 4) is 0 Å². The van der Waals surface area contributed by atoms with E-state index in [0.717, 1.165) is 30.5 Å². The van der Waals surface area contributed by atoms with Crippen molar-refractivity contribution in [3.63, 3.8) is 0 Å². The van der Waals surface area contributed by atoms with E-state index in [1.54, 1.807) is 24.3 Å². The van der Waals surface area contributed by atoms with E-state index >= 15 is 0 Å². The molecule has 5 heteroatoms. The third kappa shape index (κ3) is 4.49. The van der Waals surface area contributed by atoms with E-state index in [1.807, 2.05) is 0 Å². The molecule has 1 fully saturated rings. The molecule has 0 aliphatic carbocycles. The zero-order valence-electron chi connectivity index (χ0n) is 12.2. The van der Waals surface area contributed by atoms with Gasteiger partial charge in [-0.1, -0.05) is 24.3 Å². The van der Waals surface area contributed by atoms with Gasteiger partial charge < -0.3 is 20.4 Å². The molecule has 0 amide bonds. The fourth-order valence-electron chi connectivity index (χ4n) is 2.93. The summed E-state index contributed by atoms with van der Waals surface area (Å²) in [6, 6.07) is 7.23. The van der Waals surface area contributed by atoms with Crippen molar-refractivity contribution in [2.24, 2.45) is 0 Å². The molecule has 2 rings (SSSR count). The Bertz CT molecular complexity index is 423. The lowest BCUT2D eigenvalue weighted by atomic mass is 10.0. The topological polar surface area (TPSA) is 84.2 Å². The van der Waals surface area contributed by atoms with Gasteiger partial charge in [0.1, 0.15) is 0 Å². The molecule has 1 aliphatic rings. The van der Waals surface area contributed by atoms with E-state index in [1.165, 1.54) is 0 Å². The molecule has 0 aromatic heterocycles. The molecule has 1 aromatic rings. The Hall–Kier alpha value is -0.980. The van der Waals surface area contributed by atoms with Crippen molar-refractivity contribution in [2.75, 3.05) is 19.7 Å². The maximum Gasteiger partial charge on any atom is 0.0815 e. The lowest BCUT2D eigenvalue weighted by molar-refractivity contribution is 0.0428. The third-order valence-electron chi connectivity index (χ3n) is 4.20. The van der Waals surface area contributed by atoms with Crippen LogP contribution in [-0.2, 0) is 6.61 Å². The van der Waals surface area contributed by atoms with Crippen molar-refractivity contribution in [1.29, 1.82) is 0 Å². The Balaban J connectivity index is 1.84. The number of hydrogen-bond donors (Lipinski definition) is 4. The Morgan fingerprint density at radius 2 is 1.86 bits per heavy atom. The first-order valence-electron chi connectivity index (χ1n) is 7.54. The molecule has 0 radical (unpaired) electrons. The Kier molecular flexibility index (Phi) is 6.14. The molecule has 0 unspecified atom stereocenters. The summed E-state index contributed by atoms with van der Waals surface area (Å²) in [4.78, 5) is 2.09. The van der Waals surface area contributed by atoms with Gasteiger partial charge in [0.2, 0.25) is 0 Å². The van der Waals surface area contributed by atoms with Crippen molar-refractivity contribution in [3.05, 3.63) is 35.4 Å². The molecule has 1 aromatic carbocycles. The number of β-amino-alcohol motifs (C(OH)–C–C–N with tert-alkyl or cyclic N) is 1. The number of likely N-dealkylation sites (tertiary alicyclic amines) is 1. The Morgan fingerprint density at radius 1 is 1.14 bits per heavy atom. The van der Waals surface area contributed by atoms with Gasteiger partial charge in [0.25, 0.3) is 0 Å². The molecular weight excluding hydrogens is 270 g/mol. The maximum atomic E-state index is 10.2. The van der Waals surface area contributed by atoms with Gasteiger partial charge in [-0.05, 0) is 30.5 Å². The van der Waals surface area contributed by atoms with Crippen LogP contribution in [0.3, 0.4) is 0 Å². The molecule has 0 spiro atoms. The van der Waals surface area contributed by atoms with Gasteiger partial charge >= 0.3 is 0 Å². The Labute approximate surface area is 125 Å². The van der Waals surface area contributed by atoms with Crippen LogP contribution in [0.1, 0.15) is 36.5 Å². The van der Waals surface area contributed by atoms with Crippen LogP contribution in [0.25, 0.3) is 0 Å². The van der Waals surface area contributed by atoms with Crippen LogP contribution in [-0.4, -0.2) is 57.2 Å². The Morgan fingerprint density at radius 3 is 2.48 bits per heavy atom. The molecular formula is C16H25NO4. The van der Waals surface area contributed by atoms with Crippen LogP contribution in [0.2, 0.25) is 0 Å². The van der Waals surface area contributed by atoms with Gasteiger partial charge in [0, 0.05) is 19.0 Å². The van der Waals surface area contributed by atoms with Gasteiger partial charge in [-0.3, -0.25) is 4.90 Å². The molecule has 3 atom stereocenters. The number of rotatable bonds is 7. The van der Waals surface area contributed by atoms with E-state index < -0.39 is 12.2 Å². The van der Waals surface area contributed by atoms with Gasteiger partial charge in [-0.2, -0.15) is 0 Å². The first-order chi connectivity index (χ1) is 10.1. The fourth-order valence-corrected chi connectivity index (χ4v) is 2.93. The summed E-state index contributed by atoms with van der Waals surface area (Å²) in [6.45, 7) is 1.48. The smallest absolute Gasteiger partial charge is 0.0815 e. The zero-order valence-corrected chi connectivity index (χ0v) is 12.2. The summed E-state index contributed by atoms with van der Waals surface area (Å²) in [6.07, 6.45) is 0.942. The van der Waals surface area contributed by atoms with Crippen LogP contribution < -0.4 is 0 Å². The minimum absolute atomic E-state index is 0.0174. The zero-order chi connectivity index (χ0) is 15.2. The minimum atomic E-state index is -0.720. The number of aliphatic hydroxyl groups is 4. The monoisotopic (exact) mass is 295 g/mol.